The summed E-state index contributed by atoms with van der Waals surface area (Å²) in [5.41, 5.74) is 2.09. The molecule has 2 aliphatic rings. The van der Waals surface area contributed by atoms with Crippen LogP contribution in [0.1, 0.15) is 24.2 Å². The second-order valence-electron chi connectivity index (χ2n) is 7.30. The minimum absolute atomic E-state index is 0.109. The first-order chi connectivity index (χ1) is 12.1. The Labute approximate surface area is 148 Å². The number of nitrogens with zero attached hydrogens (tertiary/aromatic N) is 6. The van der Waals surface area contributed by atoms with Gasteiger partial charge in [0.15, 0.2) is 5.82 Å². The van der Waals surface area contributed by atoms with E-state index in [-0.39, 0.29) is 5.60 Å². The maximum atomic E-state index is 6.31. The molecule has 2 aliphatic heterocycles. The summed E-state index contributed by atoms with van der Waals surface area (Å²) in [4.78, 5) is 9.05. The molecule has 0 saturated carbocycles. The van der Waals surface area contributed by atoms with E-state index in [1.807, 2.05) is 25.5 Å². The number of aryl methyl sites for hydroxylation is 2. The molecule has 2 fully saturated rings. The van der Waals surface area contributed by atoms with E-state index in [4.69, 9.17) is 4.74 Å². The SMILES string of the molecule is Cc1ccc(N2CCCC3(CN(Cc4cncn4C)CCO3)C2)nn1. The first-order valence-electron chi connectivity index (χ1n) is 9.00. The molecule has 2 saturated heterocycles. The zero-order valence-corrected chi connectivity index (χ0v) is 15.1. The number of piperidine rings is 1. The third kappa shape index (κ3) is 3.52. The highest BCUT2D eigenvalue weighted by Gasteiger charge is 2.41. The fourth-order valence-electron chi connectivity index (χ4n) is 3.93. The first kappa shape index (κ1) is 16.5. The topological polar surface area (TPSA) is 59.3 Å². The van der Waals surface area contributed by atoms with Crippen LogP contribution >= 0.6 is 0 Å². The Balaban J connectivity index is 1.46. The lowest BCUT2D eigenvalue weighted by Crippen LogP contribution is -2.59. The molecular weight excluding hydrogens is 316 g/mol. The quantitative estimate of drug-likeness (QED) is 0.840. The lowest BCUT2D eigenvalue weighted by atomic mass is 9.90. The van der Waals surface area contributed by atoms with Gasteiger partial charge in [0, 0.05) is 46.0 Å². The summed E-state index contributed by atoms with van der Waals surface area (Å²) >= 11 is 0. The van der Waals surface area contributed by atoms with Gasteiger partial charge in [0.05, 0.1) is 29.9 Å². The van der Waals surface area contributed by atoms with Crippen molar-refractivity contribution < 1.29 is 4.74 Å². The highest BCUT2D eigenvalue weighted by Crippen LogP contribution is 2.31. The number of anilines is 1. The summed E-state index contributed by atoms with van der Waals surface area (Å²) in [6.07, 6.45) is 6.04. The van der Waals surface area contributed by atoms with Gasteiger partial charge in [0.25, 0.3) is 0 Å². The Morgan fingerprint density at radius 1 is 1.20 bits per heavy atom. The molecule has 0 aliphatic carbocycles. The predicted molar refractivity (Wildman–Crippen MR) is 95.4 cm³/mol. The molecule has 2 aromatic heterocycles. The van der Waals surface area contributed by atoms with Gasteiger partial charge in [-0.1, -0.05) is 0 Å². The molecule has 1 spiro atoms. The molecule has 0 N–H and O–H groups in total. The van der Waals surface area contributed by atoms with Crippen LogP contribution in [0.3, 0.4) is 0 Å². The van der Waals surface area contributed by atoms with E-state index in [1.54, 1.807) is 0 Å². The predicted octanol–water partition coefficient (Wildman–Crippen LogP) is 1.39. The third-order valence-electron chi connectivity index (χ3n) is 5.28. The Bertz CT molecular complexity index is 711. The number of hydrogen-bond acceptors (Lipinski definition) is 6. The molecule has 0 aromatic carbocycles. The number of morpholine rings is 1. The van der Waals surface area contributed by atoms with Gasteiger partial charge >= 0.3 is 0 Å². The summed E-state index contributed by atoms with van der Waals surface area (Å²) in [6.45, 7) is 7.49. The van der Waals surface area contributed by atoms with Crippen LogP contribution in [-0.4, -0.2) is 63.0 Å². The Kier molecular flexibility index (Phi) is 4.43. The van der Waals surface area contributed by atoms with E-state index in [1.165, 1.54) is 5.69 Å². The zero-order chi connectivity index (χ0) is 17.3. The molecule has 0 amide bonds. The monoisotopic (exact) mass is 342 g/mol. The summed E-state index contributed by atoms with van der Waals surface area (Å²) in [6, 6.07) is 4.09. The van der Waals surface area contributed by atoms with Crippen LogP contribution in [0.25, 0.3) is 0 Å². The average molecular weight is 342 g/mol. The van der Waals surface area contributed by atoms with Gasteiger partial charge < -0.3 is 14.2 Å². The van der Waals surface area contributed by atoms with Gasteiger partial charge in [-0.05, 0) is 31.9 Å². The first-order valence-corrected chi connectivity index (χ1v) is 9.00. The highest BCUT2D eigenvalue weighted by atomic mass is 16.5. The van der Waals surface area contributed by atoms with E-state index < -0.39 is 0 Å². The van der Waals surface area contributed by atoms with Crippen molar-refractivity contribution in [2.75, 3.05) is 37.7 Å². The van der Waals surface area contributed by atoms with E-state index in [0.717, 1.165) is 63.7 Å². The van der Waals surface area contributed by atoms with Gasteiger partial charge in [-0.15, -0.1) is 5.10 Å². The molecule has 4 rings (SSSR count). The Hall–Kier alpha value is -1.99. The van der Waals surface area contributed by atoms with Crippen molar-refractivity contribution in [2.24, 2.45) is 7.05 Å². The van der Waals surface area contributed by atoms with Crippen LogP contribution in [0, 0.1) is 6.92 Å². The molecule has 4 heterocycles. The maximum absolute atomic E-state index is 6.31. The van der Waals surface area contributed by atoms with Crippen LogP contribution in [0.2, 0.25) is 0 Å². The normalized spacial score (nSPS) is 24.8. The third-order valence-corrected chi connectivity index (χ3v) is 5.28. The van der Waals surface area contributed by atoms with Crippen LogP contribution in [-0.2, 0) is 18.3 Å². The van der Waals surface area contributed by atoms with Crippen LogP contribution in [0.15, 0.2) is 24.7 Å². The lowest BCUT2D eigenvalue weighted by molar-refractivity contribution is -0.116. The van der Waals surface area contributed by atoms with E-state index in [0.29, 0.717) is 0 Å². The molecular formula is C18H26N6O. The van der Waals surface area contributed by atoms with Crippen molar-refractivity contribution in [3.05, 3.63) is 36.0 Å². The summed E-state index contributed by atoms with van der Waals surface area (Å²) in [7, 11) is 2.05. The van der Waals surface area contributed by atoms with Gasteiger partial charge in [0.2, 0.25) is 0 Å². The minimum atomic E-state index is -0.109. The molecule has 7 nitrogen and oxygen atoms in total. The number of ether oxygens (including phenoxy) is 1. The summed E-state index contributed by atoms with van der Waals surface area (Å²) < 4.78 is 8.40. The van der Waals surface area contributed by atoms with Gasteiger partial charge in [-0.25, -0.2) is 4.98 Å². The molecule has 1 unspecified atom stereocenters. The van der Waals surface area contributed by atoms with Crippen molar-refractivity contribution in [3.8, 4) is 0 Å². The van der Waals surface area contributed by atoms with Crippen LogP contribution in [0.5, 0.6) is 0 Å². The van der Waals surface area contributed by atoms with Gasteiger partial charge in [-0.3, -0.25) is 4.90 Å². The number of rotatable bonds is 3. The van der Waals surface area contributed by atoms with Crippen molar-refractivity contribution in [1.82, 2.24) is 24.6 Å². The second-order valence-corrected chi connectivity index (χ2v) is 7.30. The van der Waals surface area contributed by atoms with E-state index in [2.05, 4.69) is 42.7 Å². The number of imidazole rings is 1. The molecule has 0 bridgehead atoms. The molecule has 2 aromatic rings. The van der Waals surface area contributed by atoms with E-state index in [9.17, 15) is 0 Å². The molecule has 7 heteroatoms. The minimum Gasteiger partial charge on any atom is -0.370 e. The maximum Gasteiger partial charge on any atom is 0.151 e. The smallest absolute Gasteiger partial charge is 0.151 e. The number of hydrogen-bond donors (Lipinski definition) is 0. The standard InChI is InChI=1S/C18H26N6O/c1-15-4-5-17(21-20-15)24-7-3-6-18(13-24)12-23(8-9-25-18)11-16-10-19-14-22(16)2/h4-5,10,14H,3,6-9,11-13H2,1-2H3. The second kappa shape index (κ2) is 6.72. The zero-order valence-electron chi connectivity index (χ0n) is 15.1. The summed E-state index contributed by atoms with van der Waals surface area (Å²) in [5.74, 6) is 0.956. The van der Waals surface area contributed by atoms with Crippen molar-refractivity contribution in [1.29, 1.82) is 0 Å². The molecule has 1 atom stereocenters. The van der Waals surface area contributed by atoms with Crippen molar-refractivity contribution >= 4 is 5.82 Å². The lowest BCUT2D eigenvalue weighted by Gasteiger charge is -2.48. The van der Waals surface area contributed by atoms with Crippen LogP contribution < -0.4 is 4.90 Å². The average Bonchev–Trinajstić information content (AvgIpc) is 3.00. The molecule has 134 valence electrons. The summed E-state index contributed by atoms with van der Waals surface area (Å²) in [5, 5.41) is 8.58. The van der Waals surface area contributed by atoms with Crippen molar-refractivity contribution in [3.63, 3.8) is 0 Å². The van der Waals surface area contributed by atoms with Gasteiger partial charge in [0.1, 0.15) is 0 Å². The highest BCUT2D eigenvalue weighted by molar-refractivity contribution is 5.38. The molecule has 25 heavy (non-hydrogen) atoms. The largest absolute Gasteiger partial charge is 0.370 e. The van der Waals surface area contributed by atoms with Crippen molar-refractivity contribution in [2.45, 2.75) is 31.9 Å². The van der Waals surface area contributed by atoms with Crippen LogP contribution in [0.4, 0.5) is 5.82 Å². The number of aromatic nitrogens is 4. The fourth-order valence-corrected chi connectivity index (χ4v) is 3.93. The Morgan fingerprint density at radius 3 is 2.88 bits per heavy atom. The molecule has 0 radical (unpaired) electrons. The van der Waals surface area contributed by atoms with E-state index >= 15 is 0 Å². The Morgan fingerprint density at radius 2 is 2.12 bits per heavy atom. The van der Waals surface area contributed by atoms with Gasteiger partial charge in [-0.2, -0.15) is 5.10 Å². The fraction of sp³-hybridized carbons (Fsp3) is 0.611.